The van der Waals surface area contributed by atoms with Crippen molar-refractivity contribution in [3.8, 4) is 17.1 Å². The van der Waals surface area contributed by atoms with Gasteiger partial charge in [-0.3, -0.25) is 4.98 Å². The van der Waals surface area contributed by atoms with Gasteiger partial charge in [-0.2, -0.15) is 0 Å². The number of ether oxygens (including phenoxy) is 1. The van der Waals surface area contributed by atoms with Crippen LogP contribution >= 0.6 is 12.2 Å². The lowest BCUT2D eigenvalue weighted by atomic mass is 10.2. The van der Waals surface area contributed by atoms with E-state index < -0.39 is 0 Å². The van der Waals surface area contributed by atoms with Crippen LogP contribution < -0.4 is 4.74 Å². The first-order valence-corrected chi connectivity index (χ1v) is 5.19. The summed E-state index contributed by atoms with van der Waals surface area (Å²) in [6, 6.07) is 5.55. The second kappa shape index (κ2) is 4.40. The van der Waals surface area contributed by atoms with E-state index in [1.165, 1.54) is 0 Å². The van der Waals surface area contributed by atoms with Crippen LogP contribution in [-0.4, -0.2) is 22.1 Å². The van der Waals surface area contributed by atoms with Crippen molar-refractivity contribution in [3.05, 3.63) is 34.9 Å². The van der Waals surface area contributed by atoms with Gasteiger partial charge in [-0.1, -0.05) is 0 Å². The molecule has 0 unspecified atom stereocenters. The summed E-state index contributed by atoms with van der Waals surface area (Å²) in [5, 5.41) is 0. The molecule has 2 aromatic rings. The van der Waals surface area contributed by atoms with Crippen LogP contribution in [0.3, 0.4) is 0 Å². The second-order valence-electron chi connectivity index (χ2n) is 3.31. The van der Waals surface area contributed by atoms with E-state index in [-0.39, 0.29) is 0 Å². The molecule has 0 aromatic carbocycles. The molecule has 2 heterocycles. The summed E-state index contributed by atoms with van der Waals surface area (Å²) in [6.45, 7) is 1.93. The fourth-order valence-electron chi connectivity index (χ4n) is 1.45. The summed E-state index contributed by atoms with van der Waals surface area (Å²) < 4.78 is 5.68. The third kappa shape index (κ3) is 2.09. The first-order chi connectivity index (χ1) is 7.70. The Labute approximate surface area is 98.3 Å². The Morgan fingerprint density at radius 1 is 1.44 bits per heavy atom. The molecule has 5 heteroatoms. The predicted octanol–water partition coefficient (Wildman–Crippen LogP) is 2.52. The normalized spacial score (nSPS) is 10.1. The van der Waals surface area contributed by atoms with Crippen molar-refractivity contribution < 1.29 is 4.74 Å². The van der Waals surface area contributed by atoms with E-state index in [1.807, 2.05) is 25.1 Å². The number of rotatable bonds is 2. The van der Waals surface area contributed by atoms with Crippen LogP contribution in [0.5, 0.6) is 5.75 Å². The van der Waals surface area contributed by atoms with Gasteiger partial charge in [0.25, 0.3) is 0 Å². The van der Waals surface area contributed by atoms with Crippen molar-refractivity contribution in [2.24, 2.45) is 0 Å². The molecule has 0 spiro atoms. The highest BCUT2D eigenvalue weighted by Gasteiger charge is 2.08. The molecule has 0 saturated carbocycles. The number of methoxy groups -OCH3 is 1. The van der Waals surface area contributed by atoms with Crippen LogP contribution in [0.4, 0.5) is 0 Å². The molecule has 0 amide bonds. The average Bonchev–Trinajstić information content (AvgIpc) is 2.27. The number of aromatic amines is 1. The van der Waals surface area contributed by atoms with Gasteiger partial charge < -0.3 is 9.72 Å². The minimum atomic E-state index is 0.447. The lowest BCUT2D eigenvalue weighted by molar-refractivity contribution is 0.414. The number of hydrogen-bond donors (Lipinski definition) is 1. The molecular formula is C11H11N3OS. The number of nitrogens with zero attached hydrogens (tertiary/aromatic N) is 2. The maximum Gasteiger partial charge on any atom is 0.197 e. The number of nitrogens with one attached hydrogen (secondary N) is 1. The standard InChI is InChI=1S/C11H11N3OS/c1-7-6-8(14-11(16)13-7)10-9(15-2)4-3-5-12-10/h3-6H,1-2H3,(H,13,14,16). The van der Waals surface area contributed by atoms with Gasteiger partial charge in [0.2, 0.25) is 0 Å². The summed E-state index contributed by atoms with van der Waals surface area (Å²) in [6.07, 6.45) is 1.70. The number of aromatic nitrogens is 3. The molecule has 0 atom stereocenters. The molecule has 0 aliphatic heterocycles. The van der Waals surface area contributed by atoms with Gasteiger partial charge in [-0.05, 0) is 37.3 Å². The second-order valence-corrected chi connectivity index (χ2v) is 3.70. The van der Waals surface area contributed by atoms with Crippen LogP contribution in [0, 0.1) is 11.7 Å². The molecule has 2 rings (SSSR count). The minimum Gasteiger partial charge on any atom is -0.494 e. The summed E-state index contributed by atoms with van der Waals surface area (Å²) in [4.78, 5) is 11.4. The van der Waals surface area contributed by atoms with Crippen molar-refractivity contribution in [1.82, 2.24) is 15.0 Å². The molecule has 0 bridgehead atoms. The minimum absolute atomic E-state index is 0.447. The maximum absolute atomic E-state index is 5.23. The van der Waals surface area contributed by atoms with Crippen LogP contribution in [0.2, 0.25) is 0 Å². The molecule has 2 aromatic heterocycles. The van der Waals surface area contributed by atoms with Gasteiger partial charge >= 0.3 is 0 Å². The highest BCUT2D eigenvalue weighted by Crippen LogP contribution is 2.25. The largest absolute Gasteiger partial charge is 0.494 e. The molecule has 0 radical (unpaired) electrons. The Hall–Kier alpha value is -1.75. The van der Waals surface area contributed by atoms with E-state index in [0.717, 1.165) is 11.4 Å². The molecule has 0 aliphatic rings. The molecule has 82 valence electrons. The summed E-state index contributed by atoms with van der Waals surface area (Å²) in [5.74, 6) is 0.690. The Kier molecular flexibility index (Phi) is 2.96. The van der Waals surface area contributed by atoms with Crippen LogP contribution in [-0.2, 0) is 0 Å². The number of hydrogen-bond acceptors (Lipinski definition) is 4. The molecule has 1 N–H and O–H groups in total. The molecule has 0 aliphatic carbocycles. The maximum atomic E-state index is 5.23. The predicted molar refractivity (Wildman–Crippen MR) is 63.9 cm³/mol. The Morgan fingerprint density at radius 2 is 2.25 bits per heavy atom. The topological polar surface area (TPSA) is 50.8 Å². The molecular weight excluding hydrogens is 222 g/mol. The number of H-pyrrole nitrogens is 1. The zero-order valence-electron chi connectivity index (χ0n) is 9.02. The molecule has 16 heavy (non-hydrogen) atoms. The van der Waals surface area contributed by atoms with E-state index in [1.54, 1.807) is 13.3 Å². The van der Waals surface area contributed by atoms with Crippen molar-refractivity contribution >= 4 is 12.2 Å². The monoisotopic (exact) mass is 233 g/mol. The highest BCUT2D eigenvalue weighted by atomic mass is 32.1. The van der Waals surface area contributed by atoms with Crippen molar-refractivity contribution in [3.63, 3.8) is 0 Å². The SMILES string of the molecule is COc1cccnc1-c1cc(C)[nH]c(=S)n1. The fourth-order valence-corrected chi connectivity index (χ4v) is 1.71. The average molecular weight is 233 g/mol. The lowest BCUT2D eigenvalue weighted by Gasteiger charge is -2.06. The molecule has 4 nitrogen and oxygen atoms in total. The van der Waals surface area contributed by atoms with Gasteiger partial charge in [0.1, 0.15) is 11.4 Å². The first kappa shape index (κ1) is 10.8. The van der Waals surface area contributed by atoms with Crippen LogP contribution in [0.25, 0.3) is 11.4 Å². The number of pyridine rings is 1. The van der Waals surface area contributed by atoms with Gasteiger partial charge in [-0.15, -0.1) is 0 Å². The smallest absolute Gasteiger partial charge is 0.197 e. The van der Waals surface area contributed by atoms with E-state index in [0.29, 0.717) is 16.2 Å². The molecule has 0 saturated heterocycles. The van der Waals surface area contributed by atoms with Crippen molar-refractivity contribution in [2.75, 3.05) is 7.11 Å². The zero-order chi connectivity index (χ0) is 11.5. The third-order valence-electron chi connectivity index (χ3n) is 2.11. The van der Waals surface area contributed by atoms with Crippen LogP contribution in [0.15, 0.2) is 24.4 Å². The highest BCUT2D eigenvalue weighted by molar-refractivity contribution is 7.71. The third-order valence-corrected chi connectivity index (χ3v) is 2.31. The van der Waals surface area contributed by atoms with Gasteiger partial charge in [0.05, 0.1) is 12.8 Å². The van der Waals surface area contributed by atoms with Gasteiger partial charge in [-0.25, -0.2) is 4.98 Å². The quantitative estimate of drug-likeness (QED) is 0.810. The zero-order valence-corrected chi connectivity index (χ0v) is 9.84. The van der Waals surface area contributed by atoms with E-state index in [9.17, 15) is 0 Å². The molecule has 0 fully saturated rings. The lowest BCUT2D eigenvalue weighted by Crippen LogP contribution is -1.95. The van der Waals surface area contributed by atoms with Crippen molar-refractivity contribution in [1.29, 1.82) is 0 Å². The van der Waals surface area contributed by atoms with E-state index in [4.69, 9.17) is 17.0 Å². The number of aryl methyl sites for hydroxylation is 1. The summed E-state index contributed by atoms with van der Waals surface area (Å²) in [5.41, 5.74) is 2.37. The van der Waals surface area contributed by atoms with E-state index >= 15 is 0 Å². The van der Waals surface area contributed by atoms with Crippen molar-refractivity contribution in [2.45, 2.75) is 6.92 Å². The van der Waals surface area contributed by atoms with E-state index in [2.05, 4.69) is 15.0 Å². The first-order valence-electron chi connectivity index (χ1n) is 4.78. The Balaban J connectivity index is 2.62. The Morgan fingerprint density at radius 3 is 2.94 bits per heavy atom. The van der Waals surface area contributed by atoms with Crippen LogP contribution in [0.1, 0.15) is 5.69 Å². The summed E-state index contributed by atoms with van der Waals surface area (Å²) in [7, 11) is 1.61. The van der Waals surface area contributed by atoms with Gasteiger partial charge in [0, 0.05) is 11.9 Å². The fraction of sp³-hybridized carbons (Fsp3) is 0.182. The summed E-state index contributed by atoms with van der Waals surface area (Å²) >= 11 is 5.03. The Bertz CT molecular complexity index is 565. The van der Waals surface area contributed by atoms with Gasteiger partial charge in [0.15, 0.2) is 4.77 Å².